The lowest BCUT2D eigenvalue weighted by Crippen LogP contribution is -2.24. The molecule has 0 amide bonds. The minimum atomic E-state index is 0.122. The van der Waals surface area contributed by atoms with Crippen molar-refractivity contribution in [3.05, 3.63) is 24.0 Å². The SMILES string of the molecule is Cc1cnccc1NCC(C)(C)CCl. The van der Waals surface area contributed by atoms with Gasteiger partial charge in [-0.1, -0.05) is 13.8 Å². The van der Waals surface area contributed by atoms with Gasteiger partial charge in [-0.15, -0.1) is 11.6 Å². The molecule has 0 bridgehead atoms. The molecule has 0 atom stereocenters. The number of rotatable bonds is 4. The first-order chi connectivity index (χ1) is 6.55. The fourth-order valence-electron chi connectivity index (χ4n) is 1.05. The van der Waals surface area contributed by atoms with Gasteiger partial charge in [-0.3, -0.25) is 4.98 Å². The Hall–Kier alpha value is -0.760. The van der Waals surface area contributed by atoms with Crippen molar-refractivity contribution in [3.8, 4) is 0 Å². The fraction of sp³-hybridized carbons (Fsp3) is 0.545. The van der Waals surface area contributed by atoms with E-state index in [1.165, 1.54) is 0 Å². The van der Waals surface area contributed by atoms with Crippen LogP contribution < -0.4 is 5.32 Å². The largest absolute Gasteiger partial charge is 0.384 e. The number of nitrogens with zero attached hydrogens (tertiary/aromatic N) is 1. The Morgan fingerprint density at radius 3 is 2.79 bits per heavy atom. The maximum absolute atomic E-state index is 5.85. The highest BCUT2D eigenvalue weighted by atomic mass is 35.5. The summed E-state index contributed by atoms with van der Waals surface area (Å²) in [6.45, 7) is 7.21. The van der Waals surface area contributed by atoms with Crippen molar-refractivity contribution in [2.75, 3.05) is 17.7 Å². The normalized spacial score (nSPS) is 11.4. The van der Waals surface area contributed by atoms with Gasteiger partial charge in [0.15, 0.2) is 0 Å². The smallest absolute Gasteiger partial charge is 0.0400 e. The van der Waals surface area contributed by atoms with Gasteiger partial charge < -0.3 is 5.32 Å². The number of hydrogen-bond acceptors (Lipinski definition) is 2. The predicted molar refractivity (Wildman–Crippen MR) is 62.0 cm³/mol. The average Bonchev–Trinajstić information content (AvgIpc) is 2.17. The molecule has 1 rings (SSSR count). The van der Waals surface area contributed by atoms with Crippen molar-refractivity contribution in [3.63, 3.8) is 0 Å². The highest BCUT2D eigenvalue weighted by Crippen LogP contribution is 2.19. The molecule has 1 aromatic heterocycles. The molecule has 1 heterocycles. The van der Waals surface area contributed by atoms with Gasteiger partial charge in [-0.05, 0) is 24.0 Å². The highest BCUT2D eigenvalue weighted by molar-refractivity contribution is 6.18. The van der Waals surface area contributed by atoms with E-state index in [9.17, 15) is 0 Å². The molecule has 0 aliphatic rings. The Labute approximate surface area is 90.7 Å². The standard InChI is InChI=1S/C11H17ClN2/c1-9-6-13-5-4-10(9)14-8-11(2,3)7-12/h4-6H,7-8H2,1-3H3,(H,13,14). The van der Waals surface area contributed by atoms with Gasteiger partial charge in [0, 0.05) is 30.5 Å². The van der Waals surface area contributed by atoms with E-state index in [-0.39, 0.29) is 5.41 Å². The van der Waals surface area contributed by atoms with E-state index in [0.29, 0.717) is 5.88 Å². The summed E-state index contributed by atoms with van der Waals surface area (Å²) in [7, 11) is 0. The number of alkyl halides is 1. The lowest BCUT2D eigenvalue weighted by Gasteiger charge is -2.22. The topological polar surface area (TPSA) is 24.9 Å². The fourth-order valence-corrected chi connectivity index (χ4v) is 1.15. The van der Waals surface area contributed by atoms with Crippen LogP contribution in [0.4, 0.5) is 5.69 Å². The van der Waals surface area contributed by atoms with Crippen LogP contribution in [0.3, 0.4) is 0 Å². The first-order valence-electron chi connectivity index (χ1n) is 4.76. The molecule has 14 heavy (non-hydrogen) atoms. The van der Waals surface area contributed by atoms with Crippen LogP contribution >= 0.6 is 11.6 Å². The van der Waals surface area contributed by atoms with Gasteiger partial charge in [0.2, 0.25) is 0 Å². The molecule has 0 saturated carbocycles. The zero-order chi connectivity index (χ0) is 10.6. The second-order valence-corrected chi connectivity index (χ2v) is 4.61. The van der Waals surface area contributed by atoms with Gasteiger partial charge in [-0.25, -0.2) is 0 Å². The monoisotopic (exact) mass is 212 g/mol. The van der Waals surface area contributed by atoms with Gasteiger partial charge in [0.25, 0.3) is 0 Å². The Morgan fingerprint density at radius 1 is 1.50 bits per heavy atom. The predicted octanol–water partition coefficient (Wildman–Crippen LogP) is 3.07. The summed E-state index contributed by atoms with van der Waals surface area (Å²) in [6, 6.07) is 1.99. The Balaban J connectivity index is 2.58. The molecule has 0 saturated heterocycles. The second kappa shape index (κ2) is 4.65. The van der Waals surface area contributed by atoms with Crippen molar-refractivity contribution < 1.29 is 0 Å². The van der Waals surface area contributed by atoms with Crippen LogP contribution in [-0.2, 0) is 0 Å². The van der Waals surface area contributed by atoms with Gasteiger partial charge in [-0.2, -0.15) is 0 Å². The maximum Gasteiger partial charge on any atom is 0.0400 e. The molecule has 0 fully saturated rings. The molecule has 0 aliphatic carbocycles. The Bertz CT molecular complexity index is 297. The third-order valence-electron chi connectivity index (χ3n) is 2.14. The first kappa shape index (κ1) is 11.3. The van der Waals surface area contributed by atoms with Gasteiger partial charge in [0.05, 0.1) is 0 Å². The van der Waals surface area contributed by atoms with Crippen LogP contribution in [0.5, 0.6) is 0 Å². The number of anilines is 1. The Kier molecular flexibility index (Phi) is 3.76. The zero-order valence-electron chi connectivity index (χ0n) is 8.97. The Morgan fingerprint density at radius 2 is 2.21 bits per heavy atom. The van der Waals surface area contributed by atoms with Crippen LogP contribution in [-0.4, -0.2) is 17.4 Å². The van der Waals surface area contributed by atoms with E-state index in [1.807, 2.05) is 19.2 Å². The maximum atomic E-state index is 5.85. The quantitative estimate of drug-likeness (QED) is 0.776. The van der Waals surface area contributed by atoms with Crippen molar-refractivity contribution in [2.24, 2.45) is 5.41 Å². The minimum absolute atomic E-state index is 0.122. The minimum Gasteiger partial charge on any atom is -0.384 e. The van der Waals surface area contributed by atoms with Crippen LogP contribution in [0, 0.1) is 12.3 Å². The van der Waals surface area contributed by atoms with E-state index in [2.05, 4.69) is 24.1 Å². The molecule has 0 aromatic carbocycles. The first-order valence-corrected chi connectivity index (χ1v) is 5.29. The number of nitrogens with one attached hydrogen (secondary N) is 1. The number of aryl methyl sites for hydroxylation is 1. The van der Waals surface area contributed by atoms with Crippen molar-refractivity contribution in [1.29, 1.82) is 0 Å². The van der Waals surface area contributed by atoms with Gasteiger partial charge in [0.1, 0.15) is 0 Å². The summed E-state index contributed by atoms with van der Waals surface area (Å²) in [6.07, 6.45) is 3.65. The zero-order valence-corrected chi connectivity index (χ0v) is 9.73. The molecule has 78 valence electrons. The number of halogens is 1. The van der Waals surface area contributed by atoms with Crippen molar-refractivity contribution in [1.82, 2.24) is 4.98 Å². The second-order valence-electron chi connectivity index (χ2n) is 4.34. The highest BCUT2D eigenvalue weighted by Gasteiger charge is 2.15. The third kappa shape index (κ3) is 3.18. The lowest BCUT2D eigenvalue weighted by atomic mass is 9.96. The summed E-state index contributed by atoms with van der Waals surface area (Å²) in [4.78, 5) is 4.04. The molecule has 2 nitrogen and oxygen atoms in total. The van der Waals surface area contributed by atoms with E-state index in [0.717, 1.165) is 17.8 Å². The van der Waals surface area contributed by atoms with E-state index in [4.69, 9.17) is 11.6 Å². The lowest BCUT2D eigenvalue weighted by molar-refractivity contribution is 0.450. The summed E-state index contributed by atoms with van der Waals surface area (Å²) in [5.74, 6) is 0.657. The molecule has 1 aromatic rings. The van der Waals surface area contributed by atoms with Crippen LogP contribution in [0.15, 0.2) is 18.5 Å². The number of aromatic nitrogens is 1. The van der Waals surface area contributed by atoms with Gasteiger partial charge >= 0.3 is 0 Å². The summed E-state index contributed by atoms with van der Waals surface area (Å²) < 4.78 is 0. The molecule has 1 N–H and O–H groups in total. The summed E-state index contributed by atoms with van der Waals surface area (Å²) in [5.41, 5.74) is 2.42. The van der Waals surface area contributed by atoms with Crippen LogP contribution in [0.2, 0.25) is 0 Å². The van der Waals surface area contributed by atoms with E-state index < -0.39 is 0 Å². The van der Waals surface area contributed by atoms with Crippen LogP contribution in [0.25, 0.3) is 0 Å². The molecule has 0 aliphatic heterocycles. The van der Waals surface area contributed by atoms with E-state index in [1.54, 1.807) is 6.20 Å². The van der Waals surface area contributed by atoms with Crippen molar-refractivity contribution >= 4 is 17.3 Å². The summed E-state index contributed by atoms with van der Waals surface area (Å²) >= 11 is 5.85. The van der Waals surface area contributed by atoms with E-state index >= 15 is 0 Å². The molecular weight excluding hydrogens is 196 g/mol. The molecule has 0 spiro atoms. The number of hydrogen-bond donors (Lipinski definition) is 1. The molecular formula is C11H17ClN2. The molecule has 3 heteroatoms. The third-order valence-corrected chi connectivity index (χ3v) is 2.86. The summed E-state index contributed by atoms with van der Waals surface area (Å²) in [5, 5.41) is 3.38. The average molecular weight is 213 g/mol. The molecule has 0 unspecified atom stereocenters. The van der Waals surface area contributed by atoms with Crippen molar-refractivity contribution in [2.45, 2.75) is 20.8 Å². The van der Waals surface area contributed by atoms with Crippen LogP contribution in [0.1, 0.15) is 19.4 Å². The number of pyridine rings is 1. The molecule has 0 radical (unpaired) electrons.